The second kappa shape index (κ2) is 9.26. The smallest absolute Gasteiger partial charge is 0.308 e. The summed E-state index contributed by atoms with van der Waals surface area (Å²) in [6.07, 6.45) is 2.00. The Morgan fingerprint density at radius 2 is 1.70 bits per heavy atom. The van der Waals surface area contributed by atoms with Gasteiger partial charge < -0.3 is 14.8 Å². The van der Waals surface area contributed by atoms with Crippen LogP contribution >= 0.6 is 11.6 Å². The maximum atomic E-state index is 13.8. The average molecular weight is 512 g/mol. The first-order valence-electron chi connectivity index (χ1n) is 11.9. The van der Waals surface area contributed by atoms with Crippen molar-refractivity contribution in [3.63, 3.8) is 0 Å². The molecule has 6 nitrogen and oxygen atoms in total. The zero-order valence-corrected chi connectivity index (χ0v) is 20.7. The molecule has 2 aromatic heterocycles. The third kappa shape index (κ3) is 4.17. The van der Waals surface area contributed by atoms with Crippen LogP contribution in [0.2, 0.25) is 5.02 Å². The number of hydrogen-bond acceptors (Lipinski definition) is 2. The van der Waals surface area contributed by atoms with Gasteiger partial charge in [-0.25, -0.2) is 13.9 Å². The van der Waals surface area contributed by atoms with E-state index >= 15 is 0 Å². The predicted octanol–water partition coefficient (Wildman–Crippen LogP) is 6.90. The largest absolute Gasteiger partial charge is 0.322 e. The number of nitrogens with zero attached hydrogens (tertiary/aromatic N) is 4. The molecule has 1 atom stereocenters. The molecule has 0 spiro atoms. The highest BCUT2D eigenvalue weighted by atomic mass is 35.5. The fraction of sp³-hybridized carbons (Fsp3) is 0.103. The number of carbonyl (C=O) groups is 1. The molecule has 37 heavy (non-hydrogen) atoms. The number of carbonyl (C=O) groups excluding carboxylic acids is 1. The minimum atomic E-state index is -0.413. The molecule has 6 rings (SSSR count). The van der Waals surface area contributed by atoms with E-state index in [9.17, 15) is 9.18 Å². The molecule has 0 aliphatic carbocycles. The third-order valence-electron chi connectivity index (χ3n) is 6.63. The topological polar surface area (TPSA) is 55.1 Å². The molecule has 1 aliphatic rings. The van der Waals surface area contributed by atoms with E-state index in [1.807, 2.05) is 84.5 Å². The van der Waals surface area contributed by atoms with Crippen LogP contribution in [0.3, 0.4) is 0 Å². The summed E-state index contributed by atoms with van der Waals surface area (Å²) in [6.45, 7) is 2.27. The molecule has 0 saturated heterocycles. The van der Waals surface area contributed by atoms with E-state index in [1.165, 1.54) is 12.1 Å². The summed E-state index contributed by atoms with van der Waals surface area (Å²) in [4.78, 5) is 15.6. The lowest BCUT2D eigenvalue weighted by molar-refractivity contribution is 0.194. The molecule has 184 valence electrons. The summed E-state index contributed by atoms with van der Waals surface area (Å²) < 4.78 is 17.5. The molecule has 8 heteroatoms. The van der Waals surface area contributed by atoms with Crippen LogP contribution in [0, 0.1) is 12.7 Å². The van der Waals surface area contributed by atoms with Crippen molar-refractivity contribution in [1.29, 1.82) is 0 Å². The SMILES string of the molecule is Cc1nn(-c2ccccc2)c2c1CN(C(=O)Nc1ccc(F)cc1)[C@H](c1ccc(Cl)cc1)c1cccn1-2. The number of amides is 2. The van der Waals surface area contributed by atoms with E-state index in [0.29, 0.717) is 17.3 Å². The Hall–Kier alpha value is -4.36. The monoisotopic (exact) mass is 511 g/mol. The van der Waals surface area contributed by atoms with Crippen molar-refractivity contribution >= 4 is 23.3 Å². The number of aromatic nitrogens is 3. The standard InChI is InChI=1S/C29H23ClFN5O/c1-19-25-18-35(29(37)32-23-15-13-22(31)14-16-23)27(20-9-11-21(30)12-10-20)26-8-5-17-34(26)28(25)36(33-19)24-6-3-2-4-7-24/h2-17,27H,18H2,1H3,(H,32,37)/t27-/m1/s1. The van der Waals surface area contributed by atoms with Crippen LogP contribution in [0.1, 0.15) is 28.6 Å². The van der Waals surface area contributed by atoms with E-state index < -0.39 is 6.04 Å². The van der Waals surface area contributed by atoms with Crippen LogP contribution in [0.4, 0.5) is 14.9 Å². The fourth-order valence-electron chi connectivity index (χ4n) is 4.87. The Kier molecular flexibility index (Phi) is 5.77. The van der Waals surface area contributed by atoms with Gasteiger partial charge in [0, 0.05) is 22.5 Å². The Labute approximate surface area is 218 Å². The highest BCUT2D eigenvalue weighted by molar-refractivity contribution is 6.30. The van der Waals surface area contributed by atoms with Gasteiger partial charge in [0.1, 0.15) is 11.6 Å². The summed E-state index contributed by atoms with van der Waals surface area (Å²) in [5.74, 6) is 0.526. The van der Waals surface area contributed by atoms with Gasteiger partial charge in [-0.05, 0) is 73.2 Å². The quantitative estimate of drug-likeness (QED) is 0.286. The lowest BCUT2D eigenvalue weighted by atomic mass is 10.0. The van der Waals surface area contributed by atoms with Crippen molar-refractivity contribution in [2.45, 2.75) is 19.5 Å². The van der Waals surface area contributed by atoms with Crippen LogP contribution in [0.15, 0.2) is 97.2 Å². The number of halogens is 2. The summed E-state index contributed by atoms with van der Waals surface area (Å²) in [6, 6.07) is 26.5. The number of fused-ring (bicyclic) bond motifs is 3. The molecular formula is C29H23ClFN5O. The van der Waals surface area contributed by atoms with Gasteiger partial charge in [-0.1, -0.05) is 41.9 Å². The summed E-state index contributed by atoms with van der Waals surface area (Å²) >= 11 is 6.21. The second-order valence-electron chi connectivity index (χ2n) is 8.96. The molecule has 5 aromatic rings. The zero-order valence-electron chi connectivity index (χ0n) is 20.0. The van der Waals surface area contributed by atoms with E-state index in [-0.39, 0.29) is 11.8 Å². The van der Waals surface area contributed by atoms with Gasteiger partial charge in [-0.3, -0.25) is 0 Å². The summed E-state index contributed by atoms with van der Waals surface area (Å²) in [5, 5.41) is 8.42. The van der Waals surface area contributed by atoms with Gasteiger partial charge >= 0.3 is 6.03 Å². The van der Waals surface area contributed by atoms with Gasteiger partial charge in [0.2, 0.25) is 0 Å². The molecular weight excluding hydrogens is 489 g/mol. The van der Waals surface area contributed by atoms with E-state index in [2.05, 4.69) is 9.88 Å². The zero-order chi connectivity index (χ0) is 25.5. The van der Waals surface area contributed by atoms with Crippen molar-refractivity contribution in [2.24, 2.45) is 0 Å². The molecule has 0 radical (unpaired) electrons. The van der Waals surface area contributed by atoms with Crippen LogP contribution < -0.4 is 5.32 Å². The lowest BCUT2D eigenvalue weighted by Crippen LogP contribution is -2.38. The number of hydrogen-bond donors (Lipinski definition) is 1. The molecule has 0 fully saturated rings. The van der Waals surface area contributed by atoms with E-state index in [0.717, 1.165) is 34.0 Å². The maximum Gasteiger partial charge on any atom is 0.322 e. The number of para-hydroxylation sites is 1. The van der Waals surface area contributed by atoms with Crippen molar-refractivity contribution in [2.75, 3.05) is 5.32 Å². The Morgan fingerprint density at radius 3 is 2.43 bits per heavy atom. The van der Waals surface area contributed by atoms with Crippen molar-refractivity contribution in [1.82, 2.24) is 19.2 Å². The molecule has 3 heterocycles. The summed E-state index contributed by atoms with van der Waals surface area (Å²) in [5.41, 5.74) is 5.03. The van der Waals surface area contributed by atoms with Gasteiger partial charge in [0.05, 0.1) is 29.7 Å². The summed E-state index contributed by atoms with van der Waals surface area (Å²) in [7, 11) is 0. The first kappa shape index (κ1) is 23.1. The lowest BCUT2D eigenvalue weighted by Gasteiger charge is -2.31. The van der Waals surface area contributed by atoms with E-state index in [1.54, 1.807) is 17.0 Å². The van der Waals surface area contributed by atoms with E-state index in [4.69, 9.17) is 16.7 Å². The van der Waals surface area contributed by atoms with Crippen LogP contribution in [0.5, 0.6) is 0 Å². The highest BCUT2D eigenvalue weighted by Crippen LogP contribution is 2.39. The van der Waals surface area contributed by atoms with Crippen molar-refractivity contribution in [3.8, 4) is 11.5 Å². The van der Waals surface area contributed by atoms with Crippen LogP contribution in [-0.2, 0) is 6.54 Å². The third-order valence-corrected chi connectivity index (χ3v) is 6.88. The van der Waals surface area contributed by atoms with Gasteiger partial charge in [-0.15, -0.1) is 0 Å². The predicted molar refractivity (Wildman–Crippen MR) is 142 cm³/mol. The number of nitrogens with one attached hydrogen (secondary N) is 1. The van der Waals surface area contributed by atoms with Crippen LogP contribution in [-0.4, -0.2) is 25.3 Å². The van der Waals surface area contributed by atoms with Gasteiger partial charge in [0.25, 0.3) is 0 Å². The number of rotatable bonds is 3. The number of urea groups is 1. The minimum absolute atomic E-state index is 0.306. The Morgan fingerprint density at radius 1 is 0.973 bits per heavy atom. The highest BCUT2D eigenvalue weighted by Gasteiger charge is 2.36. The number of benzene rings is 3. The Balaban J connectivity index is 1.53. The van der Waals surface area contributed by atoms with Crippen LogP contribution in [0.25, 0.3) is 11.5 Å². The molecule has 0 bridgehead atoms. The molecule has 0 unspecified atom stereocenters. The number of anilines is 1. The normalized spacial score (nSPS) is 14.6. The first-order valence-corrected chi connectivity index (χ1v) is 12.3. The maximum absolute atomic E-state index is 13.8. The fourth-order valence-corrected chi connectivity index (χ4v) is 5.00. The molecule has 2 amide bonds. The van der Waals surface area contributed by atoms with Gasteiger partial charge in [0.15, 0.2) is 0 Å². The molecule has 3 aromatic carbocycles. The molecule has 1 aliphatic heterocycles. The van der Waals surface area contributed by atoms with Crippen molar-refractivity contribution < 1.29 is 9.18 Å². The first-order chi connectivity index (χ1) is 18.0. The molecule has 1 N–H and O–H groups in total. The molecule has 0 saturated carbocycles. The Bertz CT molecular complexity index is 1580. The number of aryl methyl sites for hydroxylation is 1. The average Bonchev–Trinajstić information content (AvgIpc) is 3.47. The minimum Gasteiger partial charge on any atom is -0.308 e. The second-order valence-corrected chi connectivity index (χ2v) is 9.39. The van der Waals surface area contributed by atoms with Gasteiger partial charge in [-0.2, -0.15) is 5.10 Å². The van der Waals surface area contributed by atoms with Crippen molar-refractivity contribution in [3.05, 3.63) is 131 Å².